The maximum Gasteiger partial charge on any atom is 0.263 e. The summed E-state index contributed by atoms with van der Waals surface area (Å²) < 4.78 is 28.3. The van der Waals surface area contributed by atoms with E-state index >= 15 is 0 Å². The second kappa shape index (κ2) is 10.9. The average Bonchev–Trinajstić information content (AvgIpc) is 2.76. The molecule has 1 fully saturated rings. The number of halogens is 2. The maximum absolute atomic E-state index is 12.8. The van der Waals surface area contributed by atoms with Crippen LogP contribution in [0.2, 0.25) is 0 Å². The Bertz CT molecular complexity index is 982. The van der Waals surface area contributed by atoms with Gasteiger partial charge in [-0.25, -0.2) is 18.1 Å². The molecule has 0 radical (unpaired) electrons. The zero-order valence-corrected chi connectivity index (χ0v) is 20.0. The van der Waals surface area contributed by atoms with Crippen LogP contribution >= 0.6 is 23.2 Å². The number of amides is 2. The van der Waals surface area contributed by atoms with Gasteiger partial charge in [0, 0.05) is 18.4 Å². The molecule has 9 nitrogen and oxygen atoms in total. The van der Waals surface area contributed by atoms with Gasteiger partial charge in [0.25, 0.3) is 5.91 Å². The molecule has 3 N–H and O–H groups in total. The van der Waals surface area contributed by atoms with E-state index in [0.717, 1.165) is 37.4 Å². The molecule has 2 heterocycles. The molecule has 2 amide bonds. The zero-order chi connectivity index (χ0) is 23.3. The number of aryl methyl sites for hydroxylation is 1. The number of anilines is 1. The van der Waals surface area contributed by atoms with E-state index in [4.69, 9.17) is 23.2 Å². The van der Waals surface area contributed by atoms with Gasteiger partial charge >= 0.3 is 0 Å². The van der Waals surface area contributed by atoms with Crippen molar-refractivity contribution in [2.75, 3.05) is 31.5 Å². The van der Waals surface area contributed by atoms with Gasteiger partial charge in [0.15, 0.2) is 0 Å². The summed E-state index contributed by atoms with van der Waals surface area (Å²) in [5.41, 5.74) is 0.858. The van der Waals surface area contributed by atoms with E-state index in [0.29, 0.717) is 23.7 Å². The van der Waals surface area contributed by atoms with Crippen LogP contribution in [-0.4, -0.2) is 68.4 Å². The van der Waals surface area contributed by atoms with Gasteiger partial charge in [-0.1, -0.05) is 6.07 Å². The predicted octanol–water partition coefficient (Wildman–Crippen LogP) is 1.64. The summed E-state index contributed by atoms with van der Waals surface area (Å²) in [5.74, 6) is -0.611. The van der Waals surface area contributed by atoms with Crippen LogP contribution in [0.4, 0.5) is 5.69 Å². The molecule has 0 saturated carbocycles. The van der Waals surface area contributed by atoms with Crippen molar-refractivity contribution in [2.45, 2.75) is 41.8 Å². The fourth-order valence-electron chi connectivity index (χ4n) is 3.62. The number of nitrogens with one attached hydrogen (secondary N) is 3. The van der Waals surface area contributed by atoms with Gasteiger partial charge in [-0.15, -0.1) is 23.2 Å². The lowest BCUT2D eigenvalue weighted by atomic mass is 9.95. The fraction of sp³-hybridized carbons (Fsp3) is 0.550. The Kier molecular flexibility index (Phi) is 8.51. The number of hydrogen-bond donors (Lipinski definition) is 3. The standard InChI is InChI=1S/C20H27Cl2N5O4S/c1-13-2-3-15(26-18(28)12-27-20(29)19(22)16(21)11-24-27)10-17(13)32(30,31)25-9-6-14-4-7-23-8-5-14/h2-3,10-11,14,16,19,23,25H,4-9,12H2,1H3,(H,26,28). The number of hydrogen-bond acceptors (Lipinski definition) is 6. The zero-order valence-electron chi connectivity index (χ0n) is 17.7. The lowest BCUT2D eigenvalue weighted by molar-refractivity contribution is -0.134. The minimum absolute atomic E-state index is 0.0958. The van der Waals surface area contributed by atoms with Crippen molar-refractivity contribution in [3.05, 3.63) is 23.8 Å². The summed E-state index contributed by atoms with van der Waals surface area (Å²) in [6, 6.07) is 4.62. The third-order valence-corrected chi connectivity index (χ3v) is 8.03. The Balaban J connectivity index is 1.61. The summed E-state index contributed by atoms with van der Waals surface area (Å²) in [5, 5.41) is 8.92. The molecule has 1 aromatic carbocycles. The van der Waals surface area contributed by atoms with Crippen molar-refractivity contribution in [1.82, 2.24) is 15.0 Å². The highest BCUT2D eigenvalue weighted by molar-refractivity contribution is 7.89. The average molecular weight is 504 g/mol. The van der Waals surface area contributed by atoms with Crippen LogP contribution in [-0.2, 0) is 19.6 Å². The SMILES string of the molecule is Cc1ccc(NC(=O)CN2N=CC(Cl)C(Cl)C2=O)cc1S(=O)(=O)NCCC1CCNCC1. The predicted molar refractivity (Wildman–Crippen MR) is 125 cm³/mol. The Labute approximate surface area is 197 Å². The summed E-state index contributed by atoms with van der Waals surface area (Å²) in [6.07, 6.45) is 4.16. The van der Waals surface area contributed by atoms with Crippen molar-refractivity contribution >= 4 is 56.9 Å². The first-order valence-electron chi connectivity index (χ1n) is 10.4. The summed E-state index contributed by atoms with van der Waals surface area (Å²) in [7, 11) is -3.74. The molecule has 0 bridgehead atoms. The summed E-state index contributed by atoms with van der Waals surface area (Å²) in [4.78, 5) is 24.6. The number of rotatable bonds is 8. The van der Waals surface area contributed by atoms with Crippen LogP contribution in [0.25, 0.3) is 0 Å². The summed E-state index contributed by atoms with van der Waals surface area (Å²) in [6.45, 7) is 3.61. The molecule has 0 aromatic heterocycles. The number of carbonyl (C=O) groups is 2. The molecular formula is C20H27Cl2N5O4S. The normalized spacial score (nSPS) is 22.2. The first-order valence-corrected chi connectivity index (χ1v) is 12.8. The highest BCUT2D eigenvalue weighted by Gasteiger charge is 2.33. The van der Waals surface area contributed by atoms with Gasteiger partial charge in [-0.3, -0.25) is 9.59 Å². The van der Waals surface area contributed by atoms with Crippen molar-refractivity contribution < 1.29 is 18.0 Å². The topological polar surface area (TPSA) is 120 Å². The van der Waals surface area contributed by atoms with Crippen LogP contribution < -0.4 is 15.4 Å². The molecule has 0 aliphatic carbocycles. The van der Waals surface area contributed by atoms with Crippen molar-refractivity contribution in [3.63, 3.8) is 0 Å². The van der Waals surface area contributed by atoms with Crippen LogP contribution in [0.1, 0.15) is 24.8 Å². The molecular weight excluding hydrogens is 477 g/mol. The van der Waals surface area contributed by atoms with Gasteiger partial charge < -0.3 is 10.6 Å². The lowest BCUT2D eigenvalue weighted by Gasteiger charge is -2.25. The Morgan fingerprint density at radius 1 is 1.28 bits per heavy atom. The van der Waals surface area contributed by atoms with Crippen molar-refractivity contribution in [3.8, 4) is 0 Å². The van der Waals surface area contributed by atoms with E-state index in [1.54, 1.807) is 19.1 Å². The number of sulfonamides is 1. The highest BCUT2D eigenvalue weighted by Crippen LogP contribution is 2.22. The molecule has 3 rings (SSSR count). The van der Waals surface area contributed by atoms with E-state index in [-0.39, 0.29) is 11.4 Å². The number of benzene rings is 1. The number of alkyl halides is 2. The Morgan fingerprint density at radius 3 is 2.72 bits per heavy atom. The molecule has 12 heteroatoms. The van der Waals surface area contributed by atoms with E-state index in [2.05, 4.69) is 20.5 Å². The largest absolute Gasteiger partial charge is 0.324 e. The molecule has 2 aliphatic rings. The Hall–Kier alpha value is -1.72. The first-order chi connectivity index (χ1) is 15.2. The number of piperidine rings is 1. The summed E-state index contributed by atoms with van der Waals surface area (Å²) >= 11 is 11.8. The van der Waals surface area contributed by atoms with Crippen molar-refractivity contribution in [1.29, 1.82) is 0 Å². The number of hydrazone groups is 1. The Morgan fingerprint density at radius 2 is 2.00 bits per heavy atom. The highest BCUT2D eigenvalue weighted by atomic mass is 35.5. The van der Waals surface area contributed by atoms with Crippen molar-refractivity contribution in [2.24, 2.45) is 11.0 Å². The number of nitrogens with zero attached hydrogens (tertiary/aromatic N) is 2. The molecule has 2 unspecified atom stereocenters. The van der Waals surface area contributed by atoms with Gasteiger partial charge in [-0.05, 0) is 62.9 Å². The second-order valence-electron chi connectivity index (χ2n) is 7.91. The first kappa shape index (κ1) is 24.9. The molecule has 176 valence electrons. The minimum Gasteiger partial charge on any atom is -0.324 e. The molecule has 2 aliphatic heterocycles. The van der Waals surface area contributed by atoms with E-state index in [9.17, 15) is 18.0 Å². The van der Waals surface area contributed by atoms with Gasteiger partial charge in [0.1, 0.15) is 11.9 Å². The van der Waals surface area contributed by atoms with Gasteiger partial charge in [0.2, 0.25) is 15.9 Å². The third-order valence-electron chi connectivity index (χ3n) is 5.48. The van der Waals surface area contributed by atoms with Gasteiger partial charge in [-0.2, -0.15) is 5.10 Å². The van der Waals surface area contributed by atoms with Crippen LogP contribution in [0, 0.1) is 12.8 Å². The molecule has 1 saturated heterocycles. The van der Waals surface area contributed by atoms with Crippen LogP contribution in [0.15, 0.2) is 28.2 Å². The molecule has 0 spiro atoms. The quantitative estimate of drug-likeness (QED) is 0.465. The molecule has 32 heavy (non-hydrogen) atoms. The van der Waals surface area contributed by atoms with E-state index < -0.39 is 32.6 Å². The smallest absolute Gasteiger partial charge is 0.263 e. The number of carbonyl (C=O) groups excluding carboxylic acids is 2. The lowest BCUT2D eigenvalue weighted by Crippen LogP contribution is -2.45. The maximum atomic E-state index is 12.8. The van der Waals surface area contributed by atoms with Gasteiger partial charge in [0.05, 0.1) is 10.3 Å². The van der Waals surface area contributed by atoms with Crippen LogP contribution in [0.3, 0.4) is 0 Å². The molecule has 2 atom stereocenters. The fourth-order valence-corrected chi connectivity index (χ4v) is 5.28. The molecule has 1 aromatic rings. The third kappa shape index (κ3) is 6.41. The minimum atomic E-state index is -3.74. The van der Waals surface area contributed by atoms with E-state index in [1.807, 2.05) is 0 Å². The van der Waals surface area contributed by atoms with E-state index in [1.165, 1.54) is 12.3 Å². The van der Waals surface area contributed by atoms with Crippen LogP contribution in [0.5, 0.6) is 0 Å². The monoisotopic (exact) mass is 503 g/mol. The second-order valence-corrected chi connectivity index (χ2v) is 10.6.